The van der Waals surface area contributed by atoms with E-state index in [1.54, 1.807) is 42.5 Å². The first-order valence-corrected chi connectivity index (χ1v) is 6.34. The number of phenolic OH excluding ortho intramolecular Hbond substituents is 1. The fourth-order valence-corrected chi connectivity index (χ4v) is 2.37. The van der Waals surface area contributed by atoms with Crippen LogP contribution in [0.4, 0.5) is 11.4 Å². The van der Waals surface area contributed by atoms with E-state index in [4.69, 9.17) is 5.11 Å². The Morgan fingerprint density at radius 1 is 1.16 bits per heavy atom. The van der Waals surface area contributed by atoms with Gasteiger partial charge in [0.25, 0.3) is 0 Å². The molecule has 0 saturated carbocycles. The highest BCUT2D eigenvalue weighted by Gasteiger charge is 2.09. The highest BCUT2D eigenvalue weighted by molar-refractivity contribution is 9.10. The Labute approximate surface area is 119 Å². The van der Waals surface area contributed by atoms with Crippen molar-refractivity contribution >= 4 is 33.3 Å². The average Bonchev–Trinajstić information content (AvgIpc) is 2.38. The molecular weight excluding hydrogens is 310 g/mol. The van der Waals surface area contributed by atoms with Gasteiger partial charge in [-0.25, -0.2) is 4.79 Å². The number of rotatable bonds is 3. The van der Waals surface area contributed by atoms with Crippen LogP contribution in [0.3, 0.4) is 0 Å². The highest BCUT2D eigenvalue weighted by atomic mass is 79.9. The number of halogens is 1. The molecule has 0 unspecified atom stereocenters. The van der Waals surface area contributed by atoms with E-state index in [2.05, 4.69) is 15.9 Å². The number of phenols is 1. The zero-order chi connectivity index (χ0) is 14.0. The summed E-state index contributed by atoms with van der Waals surface area (Å²) in [6.45, 7) is 0. The molecule has 5 heteroatoms. The summed E-state index contributed by atoms with van der Waals surface area (Å²) in [4.78, 5) is 12.7. The molecule has 0 radical (unpaired) electrons. The number of anilines is 2. The summed E-state index contributed by atoms with van der Waals surface area (Å²) in [5, 5.41) is 18.2. The van der Waals surface area contributed by atoms with Gasteiger partial charge in [-0.15, -0.1) is 0 Å². The molecule has 0 atom stereocenters. The van der Waals surface area contributed by atoms with Crippen molar-refractivity contribution in [2.45, 2.75) is 0 Å². The van der Waals surface area contributed by atoms with Crippen molar-refractivity contribution in [3.8, 4) is 5.75 Å². The van der Waals surface area contributed by atoms with Gasteiger partial charge in [-0.3, -0.25) is 0 Å². The van der Waals surface area contributed by atoms with Gasteiger partial charge < -0.3 is 15.1 Å². The fraction of sp³-hybridized carbons (Fsp3) is 0.0714. The summed E-state index contributed by atoms with van der Waals surface area (Å²) in [6, 6.07) is 11.6. The number of nitrogens with zero attached hydrogens (tertiary/aromatic N) is 1. The maximum atomic E-state index is 10.8. The topological polar surface area (TPSA) is 60.8 Å². The first-order chi connectivity index (χ1) is 8.99. The van der Waals surface area contributed by atoms with E-state index in [1.807, 2.05) is 11.9 Å². The van der Waals surface area contributed by atoms with E-state index >= 15 is 0 Å². The van der Waals surface area contributed by atoms with E-state index in [9.17, 15) is 9.90 Å². The predicted octanol–water partition coefficient (Wildman–Crippen LogP) is 3.62. The number of hydrogen-bond acceptors (Lipinski definition) is 3. The number of benzene rings is 2. The molecule has 19 heavy (non-hydrogen) atoms. The van der Waals surface area contributed by atoms with Crippen LogP contribution in [0.2, 0.25) is 0 Å². The zero-order valence-corrected chi connectivity index (χ0v) is 11.8. The lowest BCUT2D eigenvalue weighted by molar-refractivity contribution is 0.0697. The summed E-state index contributed by atoms with van der Waals surface area (Å²) in [7, 11) is 1.87. The number of carboxylic acids is 1. The molecule has 0 aliphatic carbocycles. The highest BCUT2D eigenvalue weighted by Crippen LogP contribution is 2.33. The van der Waals surface area contributed by atoms with Gasteiger partial charge in [0.2, 0.25) is 0 Å². The number of aromatic carboxylic acids is 1. The van der Waals surface area contributed by atoms with Crippen LogP contribution in [0.25, 0.3) is 0 Å². The molecule has 2 rings (SSSR count). The number of carboxylic acid groups (broad SMARTS) is 1. The molecule has 4 nitrogen and oxygen atoms in total. The second-order valence-corrected chi connectivity index (χ2v) is 4.90. The summed E-state index contributed by atoms with van der Waals surface area (Å²) >= 11 is 3.39. The number of carbonyl (C=O) groups is 1. The van der Waals surface area contributed by atoms with E-state index in [-0.39, 0.29) is 11.3 Å². The third-order valence-corrected chi connectivity index (χ3v) is 3.43. The lowest BCUT2D eigenvalue weighted by atomic mass is 10.2. The van der Waals surface area contributed by atoms with Crippen molar-refractivity contribution in [3.63, 3.8) is 0 Å². The van der Waals surface area contributed by atoms with Crippen molar-refractivity contribution in [1.82, 2.24) is 0 Å². The maximum Gasteiger partial charge on any atom is 0.335 e. The standard InChI is InChI=1S/C14H12BrNO3/c1-16(13-7-6-11(17)8-12(13)15)10-4-2-9(3-5-10)14(18)19/h2-8,17H,1H3,(H,18,19). The number of aromatic hydroxyl groups is 1. The van der Waals surface area contributed by atoms with Gasteiger partial charge in [0.15, 0.2) is 0 Å². The monoisotopic (exact) mass is 321 g/mol. The largest absolute Gasteiger partial charge is 0.508 e. The number of hydrogen-bond donors (Lipinski definition) is 2. The van der Waals surface area contributed by atoms with Crippen LogP contribution in [0.1, 0.15) is 10.4 Å². The Balaban J connectivity index is 2.33. The lowest BCUT2D eigenvalue weighted by Gasteiger charge is -2.21. The second-order valence-electron chi connectivity index (χ2n) is 4.05. The van der Waals surface area contributed by atoms with E-state index < -0.39 is 5.97 Å². The molecule has 0 heterocycles. The first kappa shape index (κ1) is 13.4. The van der Waals surface area contributed by atoms with Crippen molar-refractivity contribution in [2.24, 2.45) is 0 Å². The molecule has 0 fully saturated rings. The summed E-state index contributed by atoms with van der Waals surface area (Å²) in [6.07, 6.45) is 0. The van der Waals surface area contributed by atoms with Crippen LogP contribution in [0.15, 0.2) is 46.9 Å². The minimum atomic E-state index is -0.944. The Morgan fingerprint density at radius 2 is 1.79 bits per heavy atom. The normalized spacial score (nSPS) is 10.2. The predicted molar refractivity (Wildman–Crippen MR) is 77.3 cm³/mol. The van der Waals surface area contributed by atoms with Gasteiger partial charge in [-0.2, -0.15) is 0 Å². The Hall–Kier alpha value is -2.01. The molecule has 2 N–H and O–H groups in total. The van der Waals surface area contributed by atoms with Crippen molar-refractivity contribution < 1.29 is 15.0 Å². The van der Waals surface area contributed by atoms with Crippen LogP contribution in [0, 0.1) is 0 Å². The molecule has 0 amide bonds. The van der Waals surface area contributed by atoms with Crippen LogP contribution in [-0.4, -0.2) is 23.2 Å². The Bertz CT molecular complexity index is 611. The van der Waals surface area contributed by atoms with Gasteiger partial charge in [0, 0.05) is 17.2 Å². The lowest BCUT2D eigenvalue weighted by Crippen LogP contribution is -2.10. The summed E-state index contributed by atoms with van der Waals surface area (Å²) in [5.41, 5.74) is 1.99. The molecule has 0 aromatic heterocycles. The fourth-order valence-electron chi connectivity index (χ4n) is 1.73. The molecule has 2 aromatic carbocycles. The van der Waals surface area contributed by atoms with Gasteiger partial charge in [-0.1, -0.05) is 0 Å². The van der Waals surface area contributed by atoms with Crippen LogP contribution in [-0.2, 0) is 0 Å². The molecule has 2 aromatic rings. The summed E-state index contributed by atoms with van der Waals surface area (Å²) in [5.74, 6) is -0.759. The van der Waals surface area contributed by atoms with Gasteiger partial charge in [0.05, 0.1) is 11.3 Å². The molecule has 0 aliphatic rings. The first-order valence-electron chi connectivity index (χ1n) is 5.54. The molecule has 98 valence electrons. The van der Waals surface area contributed by atoms with Gasteiger partial charge >= 0.3 is 5.97 Å². The van der Waals surface area contributed by atoms with Crippen molar-refractivity contribution in [1.29, 1.82) is 0 Å². The van der Waals surface area contributed by atoms with Gasteiger partial charge in [-0.05, 0) is 58.4 Å². The quantitative estimate of drug-likeness (QED) is 0.906. The molecular formula is C14H12BrNO3. The van der Waals surface area contributed by atoms with Gasteiger partial charge in [0.1, 0.15) is 5.75 Å². The zero-order valence-electron chi connectivity index (χ0n) is 10.2. The average molecular weight is 322 g/mol. The third kappa shape index (κ3) is 2.88. The van der Waals surface area contributed by atoms with Crippen LogP contribution >= 0.6 is 15.9 Å². The second kappa shape index (κ2) is 5.32. The van der Waals surface area contributed by atoms with Crippen molar-refractivity contribution in [3.05, 3.63) is 52.5 Å². The SMILES string of the molecule is CN(c1ccc(C(=O)O)cc1)c1ccc(O)cc1Br. The van der Waals surface area contributed by atoms with E-state index in [1.165, 1.54) is 0 Å². The van der Waals surface area contributed by atoms with Crippen LogP contribution in [0.5, 0.6) is 5.75 Å². The van der Waals surface area contributed by atoms with E-state index in [0.717, 1.165) is 15.8 Å². The third-order valence-electron chi connectivity index (χ3n) is 2.79. The molecule has 0 aliphatic heterocycles. The van der Waals surface area contributed by atoms with Crippen molar-refractivity contribution in [2.75, 3.05) is 11.9 Å². The molecule has 0 spiro atoms. The van der Waals surface area contributed by atoms with Crippen LogP contribution < -0.4 is 4.90 Å². The Morgan fingerprint density at radius 3 is 2.32 bits per heavy atom. The minimum Gasteiger partial charge on any atom is -0.508 e. The minimum absolute atomic E-state index is 0.185. The Kier molecular flexibility index (Phi) is 3.76. The van der Waals surface area contributed by atoms with E-state index in [0.29, 0.717) is 0 Å². The summed E-state index contributed by atoms with van der Waals surface area (Å²) < 4.78 is 0.761. The molecule has 0 saturated heterocycles. The maximum absolute atomic E-state index is 10.8. The molecule has 0 bridgehead atoms. The smallest absolute Gasteiger partial charge is 0.335 e.